The van der Waals surface area contributed by atoms with Gasteiger partial charge in [-0.05, 0) is 30.5 Å². The van der Waals surface area contributed by atoms with E-state index in [1.165, 1.54) is 44.2 Å². The lowest BCUT2D eigenvalue weighted by Gasteiger charge is -2.23. The van der Waals surface area contributed by atoms with Crippen molar-refractivity contribution in [2.45, 2.75) is 38.1 Å². The number of nitrogens with one attached hydrogen (secondary N) is 1. The van der Waals surface area contributed by atoms with Gasteiger partial charge in [-0.1, -0.05) is 31.4 Å². The average Bonchev–Trinajstić information content (AvgIpc) is 3.02. The summed E-state index contributed by atoms with van der Waals surface area (Å²) in [5, 5.41) is 6.75. The van der Waals surface area contributed by atoms with Crippen molar-refractivity contribution in [1.82, 2.24) is 9.97 Å². The Kier molecular flexibility index (Phi) is 3.95. The third kappa shape index (κ3) is 2.93. The van der Waals surface area contributed by atoms with Crippen LogP contribution in [0.25, 0.3) is 21.3 Å². The van der Waals surface area contributed by atoms with Gasteiger partial charge in [0, 0.05) is 17.0 Å². The van der Waals surface area contributed by atoms with Gasteiger partial charge < -0.3 is 5.32 Å². The molecule has 3 aromatic rings. The Morgan fingerprint density at radius 2 is 1.83 bits per heavy atom. The van der Waals surface area contributed by atoms with Gasteiger partial charge in [0.2, 0.25) is 0 Å². The largest absolute Gasteiger partial charge is 0.367 e. The molecule has 1 saturated carbocycles. The summed E-state index contributed by atoms with van der Waals surface area (Å²) in [4.78, 5) is 9.85. The molecule has 1 aliphatic rings. The van der Waals surface area contributed by atoms with Crippen LogP contribution in [-0.4, -0.2) is 16.0 Å². The minimum atomic E-state index is -0.218. The van der Waals surface area contributed by atoms with Crippen LogP contribution in [0.4, 0.5) is 10.2 Å². The number of anilines is 1. The van der Waals surface area contributed by atoms with Crippen molar-refractivity contribution in [3.05, 3.63) is 41.8 Å². The highest BCUT2D eigenvalue weighted by Gasteiger charge is 2.18. The lowest BCUT2D eigenvalue weighted by atomic mass is 9.95. The highest BCUT2D eigenvalue weighted by Crippen LogP contribution is 2.37. The summed E-state index contributed by atoms with van der Waals surface area (Å²) in [5.74, 6) is 0.688. The zero-order valence-corrected chi connectivity index (χ0v) is 13.6. The molecule has 118 valence electrons. The molecule has 1 N–H and O–H groups in total. The molecule has 2 aromatic heterocycles. The second-order valence-corrected chi connectivity index (χ2v) is 6.90. The Bertz CT molecular complexity index is 807. The van der Waals surface area contributed by atoms with E-state index in [0.717, 1.165) is 27.2 Å². The number of aromatic nitrogens is 2. The number of halogens is 1. The minimum Gasteiger partial charge on any atom is -0.367 e. The number of hydrogen-bond donors (Lipinski definition) is 1. The fourth-order valence-corrected chi connectivity index (χ4v) is 4.18. The molecule has 1 aliphatic carbocycles. The second kappa shape index (κ2) is 6.24. The Morgan fingerprint density at radius 3 is 2.61 bits per heavy atom. The highest BCUT2D eigenvalue weighted by molar-refractivity contribution is 7.17. The van der Waals surface area contributed by atoms with E-state index in [4.69, 9.17) is 0 Å². The molecule has 0 unspecified atom stereocenters. The molecule has 0 radical (unpaired) electrons. The van der Waals surface area contributed by atoms with Crippen molar-refractivity contribution >= 4 is 27.4 Å². The van der Waals surface area contributed by atoms with Crippen molar-refractivity contribution < 1.29 is 4.39 Å². The van der Waals surface area contributed by atoms with Crippen LogP contribution in [0.2, 0.25) is 0 Å². The Hall–Kier alpha value is -2.01. The predicted molar refractivity (Wildman–Crippen MR) is 93.3 cm³/mol. The molecule has 0 spiro atoms. The molecule has 0 aliphatic heterocycles. The maximum Gasteiger partial charge on any atom is 0.139 e. The number of hydrogen-bond acceptors (Lipinski definition) is 4. The van der Waals surface area contributed by atoms with E-state index >= 15 is 0 Å². The van der Waals surface area contributed by atoms with E-state index in [0.29, 0.717) is 6.04 Å². The van der Waals surface area contributed by atoms with E-state index in [1.54, 1.807) is 17.7 Å². The third-order valence-corrected chi connectivity index (χ3v) is 5.36. The number of benzene rings is 1. The lowest BCUT2D eigenvalue weighted by Crippen LogP contribution is -2.22. The summed E-state index contributed by atoms with van der Waals surface area (Å²) < 4.78 is 13.2. The fourth-order valence-electron chi connectivity index (χ4n) is 3.27. The van der Waals surface area contributed by atoms with Gasteiger partial charge in [0.05, 0.1) is 5.39 Å². The zero-order chi connectivity index (χ0) is 15.6. The van der Waals surface area contributed by atoms with Crippen LogP contribution < -0.4 is 5.32 Å². The maximum atomic E-state index is 13.2. The van der Waals surface area contributed by atoms with Crippen LogP contribution in [0.1, 0.15) is 32.1 Å². The van der Waals surface area contributed by atoms with E-state index in [9.17, 15) is 4.39 Å². The van der Waals surface area contributed by atoms with E-state index in [-0.39, 0.29) is 5.82 Å². The Morgan fingerprint density at radius 1 is 1.04 bits per heavy atom. The van der Waals surface area contributed by atoms with Crippen molar-refractivity contribution in [3.63, 3.8) is 0 Å². The first kappa shape index (κ1) is 14.6. The molecule has 23 heavy (non-hydrogen) atoms. The van der Waals surface area contributed by atoms with Crippen LogP contribution in [0, 0.1) is 5.82 Å². The lowest BCUT2D eigenvalue weighted by molar-refractivity contribution is 0.462. The topological polar surface area (TPSA) is 37.8 Å². The minimum absolute atomic E-state index is 0.218. The molecule has 4 rings (SSSR count). The van der Waals surface area contributed by atoms with Gasteiger partial charge in [0.15, 0.2) is 0 Å². The van der Waals surface area contributed by atoms with Gasteiger partial charge in [-0.15, -0.1) is 11.3 Å². The fraction of sp³-hybridized carbons (Fsp3) is 0.333. The van der Waals surface area contributed by atoms with Gasteiger partial charge in [-0.3, -0.25) is 0 Å². The van der Waals surface area contributed by atoms with Gasteiger partial charge in [0.25, 0.3) is 0 Å². The summed E-state index contributed by atoms with van der Waals surface area (Å²) in [7, 11) is 0. The van der Waals surface area contributed by atoms with Crippen molar-refractivity contribution in [2.75, 3.05) is 5.32 Å². The molecule has 5 heteroatoms. The van der Waals surface area contributed by atoms with Crippen molar-refractivity contribution in [2.24, 2.45) is 0 Å². The molecule has 0 amide bonds. The van der Waals surface area contributed by atoms with Crippen LogP contribution in [-0.2, 0) is 0 Å². The first-order valence-electron chi connectivity index (χ1n) is 8.06. The molecule has 0 bridgehead atoms. The van der Waals surface area contributed by atoms with E-state index < -0.39 is 0 Å². The average molecular weight is 327 g/mol. The van der Waals surface area contributed by atoms with Crippen LogP contribution in [0.3, 0.4) is 0 Å². The molecule has 0 saturated heterocycles. The SMILES string of the molecule is Fc1ccc(-c2csc3ncnc(NC4CCCCC4)c23)cc1. The summed E-state index contributed by atoms with van der Waals surface area (Å²) in [6.07, 6.45) is 7.90. The summed E-state index contributed by atoms with van der Waals surface area (Å²) >= 11 is 1.60. The molecular formula is C18H18FN3S. The number of rotatable bonds is 3. The van der Waals surface area contributed by atoms with Crippen LogP contribution in [0.15, 0.2) is 36.0 Å². The summed E-state index contributed by atoms with van der Waals surface area (Å²) in [6, 6.07) is 7.11. The van der Waals surface area contributed by atoms with Gasteiger partial charge in [-0.2, -0.15) is 0 Å². The molecule has 3 nitrogen and oxygen atoms in total. The molecular weight excluding hydrogens is 309 g/mol. The first-order valence-corrected chi connectivity index (χ1v) is 8.94. The highest BCUT2D eigenvalue weighted by atomic mass is 32.1. The second-order valence-electron chi connectivity index (χ2n) is 6.04. The monoisotopic (exact) mass is 327 g/mol. The normalized spacial score (nSPS) is 15.9. The smallest absolute Gasteiger partial charge is 0.139 e. The maximum absolute atomic E-state index is 13.2. The number of thiophene rings is 1. The number of fused-ring (bicyclic) bond motifs is 1. The Balaban J connectivity index is 1.75. The van der Waals surface area contributed by atoms with Crippen LogP contribution in [0.5, 0.6) is 0 Å². The van der Waals surface area contributed by atoms with Gasteiger partial charge in [-0.25, -0.2) is 14.4 Å². The van der Waals surface area contributed by atoms with Crippen molar-refractivity contribution in [1.29, 1.82) is 0 Å². The third-order valence-electron chi connectivity index (χ3n) is 4.47. The van der Waals surface area contributed by atoms with Gasteiger partial charge >= 0.3 is 0 Å². The molecule has 2 heterocycles. The molecule has 0 atom stereocenters. The zero-order valence-electron chi connectivity index (χ0n) is 12.8. The van der Waals surface area contributed by atoms with E-state index in [1.807, 2.05) is 12.1 Å². The van der Waals surface area contributed by atoms with Crippen molar-refractivity contribution in [3.8, 4) is 11.1 Å². The number of nitrogens with zero attached hydrogens (tertiary/aromatic N) is 2. The molecule has 1 fully saturated rings. The Labute approximate surface area is 138 Å². The predicted octanol–water partition coefficient (Wildman–Crippen LogP) is 5.24. The first-order chi connectivity index (χ1) is 11.3. The standard InChI is InChI=1S/C18H18FN3S/c19-13-8-6-12(7-9-13)15-10-23-18-16(15)17(20-11-21-18)22-14-4-2-1-3-5-14/h6-11,14H,1-5H2,(H,20,21,22). The quantitative estimate of drug-likeness (QED) is 0.714. The summed E-state index contributed by atoms with van der Waals surface area (Å²) in [6.45, 7) is 0. The van der Waals surface area contributed by atoms with Crippen LogP contribution >= 0.6 is 11.3 Å². The van der Waals surface area contributed by atoms with E-state index in [2.05, 4.69) is 20.7 Å². The summed E-state index contributed by atoms with van der Waals surface area (Å²) in [5.41, 5.74) is 2.07. The van der Waals surface area contributed by atoms with Gasteiger partial charge in [0.1, 0.15) is 22.8 Å². The molecule has 1 aromatic carbocycles.